The molecule has 0 saturated carbocycles. The summed E-state index contributed by atoms with van der Waals surface area (Å²) in [5.74, 6) is 0. The van der Waals surface area contributed by atoms with Crippen LogP contribution in [0.25, 0.3) is 0 Å². The molecule has 1 atom stereocenters. The van der Waals surface area contributed by atoms with Crippen LogP contribution in [0.1, 0.15) is 35.3 Å². The van der Waals surface area contributed by atoms with Crippen molar-refractivity contribution in [2.24, 2.45) is 0 Å². The minimum Gasteiger partial charge on any atom is -0.310 e. The third-order valence-corrected chi connectivity index (χ3v) is 4.06. The summed E-state index contributed by atoms with van der Waals surface area (Å²) in [6.45, 7) is 7.23. The highest BCUT2D eigenvalue weighted by molar-refractivity contribution is 6.31. The first-order valence-electron chi connectivity index (χ1n) is 7.02. The van der Waals surface area contributed by atoms with Gasteiger partial charge in [-0.05, 0) is 49.2 Å². The number of hydrogen-bond donors (Lipinski definition) is 1. The van der Waals surface area contributed by atoms with Gasteiger partial charge in [0.2, 0.25) is 0 Å². The van der Waals surface area contributed by atoms with E-state index in [9.17, 15) is 0 Å². The van der Waals surface area contributed by atoms with Gasteiger partial charge < -0.3 is 5.32 Å². The number of halogens is 1. The summed E-state index contributed by atoms with van der Waals surface area (Å²) in [4.78, 5) is 4.50. The smallest absolute Gasteiger partial charge is 0.0451 e. The highest BCUT2D eigenvalue weighted by atomic mass is 35.5. The van der Waals surface area contributed by atoms with Crippen LogP contribution in [-0.4, -0.2) is 11.5 Å². The summed E-state index contributed by atoms with van der Waals surface area (Å²) in [5, 5.41) is 4.37. The van der Waals surface area contributed by atoms with E-state index < -0.39 is 0 Å². The molecule has 2 nitrogen and oxygen atoms in total. The molecule has 0 aliphatic carbocycles. The zero-order chi connectivity index (χ0) is 14.5. The molecule has 0 fully saturated rings. The second-order valence-electron chi connectivity index (χ2n) is 5.04. The fourth-order valence-corrected chi connectivity index (χ4v) is 2.65. The first kappa shape index (κ1) is 15.0. The molecule has 1 N–H and O–H groups in total. The van der Waals surface area contributed by atoms with Crippen molar-refractivity contribution in [1.82, 2.24) is 10.3 Å². The van der Waals surface area contributed by atoms with Crippen molar-refractivity contribution in [3.05, 3.63) is 63.9 Å². The van der Waals surface area contributed by atoms with E-state index in [1.54, 1.807) is 0 Å². The van der Waals surface area contributed by atoms with Crippen molar-refractivity contribution in [3.8, 4) is 0 Å². The Labute approximate surface area is 126 Å². The Bertz CT molecular complexity index is 581. The molecular weight excluding hydrogens is 268 g/mol. The predicted octanol–water partition coefficient (Wildman–Crippen LogP) is 4.25. The van der Waals surface area contributed by atoms with Gasteiger partial charge in [0, 0.05) is 29.4 Å². The lowest BCUT2D eigenvalue weighted by atomic mass is 9.96. The number of nitrogens with zero attached hydrogens (tertiary/aromatic N) is 1. The van der Waals surface area contributed by atoms with Gasteiger partial charge in [-0.25, -0.2) is 0 Å². The van der Waals surface area contributed by atoms with Crippen LogP contribution >= 0.6 is 11.6 Å². The van der Waals surface area contributed by atoms with Gasteiger partial charge in [0.05, 0.1) is 0 Å². The minimum atomic E-state index is 0.243. The summed E-state index contributed by atoms with van der Waals surface area (Å²) in [6, 6.07) is 10.4. The van der Waals surface area contributed by atoms with Gasteiger partial charge in [-0.3, -0.25) is 4.98 Å². The van der Waals surface area contributed by atoms with E-state index in [1.165, 1.54) is 11.1 Å². The highest BCUT2D eigenvalue weighted by Gasteiger charge is 2.16. The number of nitrogens with one attached hydrogen (secondary N) is 1. The van der Waals surface area contributed by atoms with Crippen molar-refractivity contribution in [2.45, 2.75) is 33.2 Å². The molecule has 2 aromatic rings. The number of hydrogen-bond acceptors (Lipinski definition) is 2. The predicted molar refractivity (Wildman–Crippen MR) is 85.3 cm³/mol. The molecule has 20 heavy (non-hydrogen) atoms. The van der Waals surface area contributed by atoms with Crippen LogP contribution in [0.2, 0.25) is 5.02 Å². The van der Waals surface area contributed by atoms with Gasteiger partial charge in [-0.2, -0.15) is 0 Å². The molecule has 0 saturated heterocycles. The molecule has 0 bridgehead atoms. The molecule has 1 aromatic carbocycles. The van der Waals surface area contributed by atoms with Crippen LogP contribution in [0, 0.1) is 13.8 Å². The molecule has 0 radical (unpaired) electrons. The molecule has 2 rings (SSSR count). The molecular formula is C17H21ClN2. The molecule has 1 aromatic heterocycles. The molecule has 3 heteroatoms. The van der Waals surface area contributed by atoms with Crippen LogP contribution in [0.5, 0.6) is 0 Å². The van der Waals surface area contributed by atoms with Gasteiger partial charge in [-0.1, -0.05) is 36.7 Å². The first-order valence-corrected chi connectivity index (χ1v) is 7.40. The number of rotatable bonds is 5. The lowest BCUT2D eigenvalue weighted by Crippen LogP contribution is -2.24. The molecule has 0 spiro atoms. The Kier molecular flexibility index (Phi) is 5.16. The van der Waals surface area contributed by atoms with E-state index in [0.29, 0.717) is 0 Å². The van der Waals surface area contributed by atoms with Crippen LogP contribution in [0.3, 0.4) is 0 Å². The number of pyridine rings is 1. The lowest BCUT2D eigenvalue weighted by Gasteiger charge is -2.21. The maximum atomic E-state index is 6.25. The van der Waals surface area contributed by atoms with Crippen molar-refractivity contribution in [2.75, 3.05) is 6.54 Å². The Balaban J connectivity index is 2.32. The maximum Gasteiger partial charge on any atom is 0.0451 e. The Morgan fingerprint density at radius 3 is 2.70 bits per heavy atom. The Morgan fingerprint density at radius 2 is 2.00 bits per heavy atom. The SMILES string of the molecule is CCNC(Cc1ncccc1C)c1cccc(Cl)c1C. The quantitative estimate of drug-likeness (QED) is 0.890. The van der Waals surface area contributed by atoms with E-state index in [2.05, 4.69) is 43.2 Å². The van der Waals surface area contributed by atoms with E-state index in [0.717, 1.165) is 29.2 Å². The third-order valence-electron chi connectivity index (χ3n) is 3.65. The summed E-state index contributed by atoms with van der Waals surface area (Å²) in [5.41, 5.74) is 4.77. The highest BCUT2D eigenvalue weighted by Crippen LogP contribution is 2.26. The summed E-state index contributed by atoms with van der Waals surface area (Å²) < 4.78 is 0. The second kappa shape index (κ2) is 6.87. The lowest BCUT2D eigenvalue weighted by molar-refractivity contribution is 0.540. The average Bonchev–Trinajstić information content (AvgIpc) is 2.44. The summed E-state index contributed by atoms with van der Waals surface area (Å²) >= 11 is 6.25. The summed E-state index contributed by atoms with van der Waals surface area (Å²) in [6.07, 6.45) is 2.73. The van der Waals surface area contributed by atoms with Gasteiger partial charge in [0.1, 0.15) is 0 Å². The van der Waals surface area contributed by atoms with Gasteiger partial charge in [0.15, 0.2) is 0 Å². The standard InChI is InChI=1S/C17H21ClN2/c1-4-19-17(11-16-12(2)7-6-10-20-16)14-8-5-9-15(18)13(14)3/h5-10,17,19H,4,11H2,1-3H3. The van der Waals surface area contributed by atoms with Crippen molar-refractivity contribution >= 4 is 11.6 Å². The normalized spacial score (nSPS) is 12.4. The van der Waals surface area contributed by atoms with Gasteiger partial charge in [-0.15, -0.1) is 0 Å². The van der Waals surface area contributed by atoms with E-state index >= 15 is 0 Å². The van der Waals surface area contributed by atoms with Crippen LogP contribution in [-0.2, 0) is 6.42 Å². The van der Waals surface area contributed by atoms with Crippen LogP contribution in [0.15, 0.2) is 36.5 Å². The average molecular weight is 289 g/mol. The van der Waals surface area contributed by atoms with Crippen molar-refractivity contribution in [3.63, 3.8) is 0 Å². The van der Waals surface area contributed by atoms with Crippen molar-refractivity contribution < 1.29 is 0 Å². The minimum absolute atomic E-state index is 0.243. The number of aromatic nitrogens is 1. The van der Waals surface area contributed by atoms with Gasteiger partial charge in [0.25, 0.3) is 0 Å². The van der Waals surface area contributed by atoms with Gasteiger partial charge >= 0.3 is 0 Å². The topological polar surface area (TPSA) is 24.9 Å². The second-order valence-corrected chi connectivity index (χ2v) is 5.44. The Morgan fingerprint density at radius 1 is 1.20 bits per heavy atom. The summed E-state index contributed by atoms with van der Waals surface area (Å²) in [7, 11) is 0. The molecule has 1 unspecified atom stereocenters. The number of aryl methyl sites for hydroxylation is 1. The number of benzene rings is 1. The molecule has 106 valence electrons. The van der Waals surface area contributed by atoms with E-state index in [1.807, 2.05) is 24.4 Å². The van der Waals surface area contributed by atoms with E-state index in [4.69, 9.17) is 11.6 Å². The molecule has 0 amide bonds. The largest absolute Gasteiger partial charge is 0.310 e. The Hall–Kier alpha value is -1.38. The number of likely N-dealkylation sites (N-methyl/N-ethyl adjacent to an activating group) is 1. The molecule has 0 aliphatic rings. The van der Waals surface area contributed by atoms with E-state index in [-0.39, 0.29) is 6.04 Å². The zero-order valence-corrected chi connectivity index (χ0v) is 13.0. The monoisotopic (exact) mass is 288 g/mol. The van der Waals surface area contributed by atoms with Crippen molar-refractivity contribution in [1.29, 1.82) is 0 Å². The van der Waals surface area contributed by atoms with Crippen LogP contribution < -0.4 is 5.32 Å². The third kappa shape index (κ3) is 3.38. The maximum absolute atomic E-state index is 6.25. The fourth-order valence-electron chi connectivity index (χ4n) is 2.47. The zero-order valence-electron chi connectivity index (χ0n) is 12.3. The molecule has 0 aliphatic heterocycles. The fraction of sp³-hybridized carbons (Fsp3) is 0.353. The molecule has 1 heterocycles. The first-order chi connectivity index (χ1) is 9.63. The van der Waals surface area contributed by atoms with Crippen LogP contribution in [0.4, 0.5) is 0 Å².